The Morgan fingerprint density at radius 1 is 1.07 bits per heavy atom. The first-order valence-electron chi connectivity index (χ1n) is 14.0. The first-order valence-corrected chi connectivity index (χ1v) is 14.8. The number of hydrogen-bond acceptors (Lipinski definition) is 7. The number of carbonyl (C=O) groups excluding carboxylic acids is 4. The van der Waals surface area contributed by atoms with Crippen molar-refractivity contribution in [3.8, 4) is 11.5 Å². The summed E-state index contributed by atoms with van der Waals surface area (Å²) in [6, 6.07) is 4.69. The lowest BCUT2D eigenvalue weighted by Crippen LogP contribution is -2.61. The quantitative estimate of drug-likeness (QED) is 0.205. The van der Waals surface area contributed by atoms with Crippen molar-refractivity contribution in [2.24, 2.45) is 23.7 Å². The number of unbranched alkanes of at least 4 members (excludes halogenated alkanes) is 2. The number of hydrogen-bond donors (Lipinski definition) is 2. The van der Waals surface area contributed by atoms with Gasteiger partial charge in [0.15, 0.2) is 9.75 Å². The minimum atomic E-state index is -1.89. The van der Waals surface area contributed by atoms with Gasteiger partial charge in [0.05, 0.1) is 18.1 Å². The van der Waals surface area contributed by atoms with Crippen LogP contribution in [0.2, 0.25) is 0 Å². The van der Waals surface area contributed by atoms with Gasteiger partial charge in [0.25, 0.3) is 11.8 Å². The maximum atomic E-state index is 13.8. The number of likely N-dealkylation sites (tertiary alicyclic amines) is 2. The predicted octanol–water partition coefficient (Wildman–Crippen LogP) is 3.38. The zero-order chi connectivity index (χ0) is 30.1. The van der Waals surface area contributed by atoms with E-state index in [1.165, 1.54) is 24.3 Å². The van der Waals surface area contributed by atoms with Crippen molar-refractivity contribution in [3.05, 3.63) is 47.2 Å². The van der Waals surface area contributed by atoms with Crippen LogP contribution >= 0.6 is 23.2 Å². The Balaban J connectivity index is 1.36. The summed E-state index contributed by atoms with van der Waals surface area (Å²) in [6.45, 7) is 0.181. The van der Waals surface area contributed by atoms with E-state index in [-0.39, 0.29) is 49.8 Å². The third kappa shape index (κ3) is 4.01. The summed E-state index contributed by atoms with van der Waals surface area (Å²) in [6.07, 6.45) is 5.31. The van der Waals surface area contributed by atoms with Crippen molar-refractivity contribution in [2.75, 3.05) is 13.6 Å². The van der Waals surface area contributed by atoms with Crippen LogP contribution in [0.4, 0.5) is 0 Å². The van der Waals surface area contributed by atoms with Crippen molar-refractivity contribution in [1.29, 1.82) is 0 Å². The van der Waals surface area contributed by atoms with E-state index < -0.39 is 51.2 Å². The van der Waals surface area contributed by atoms with Gasteiger partial charge in [-0.25, -0.2) is 0 Å². The van der Waals surface area contributed by atoms with Gasteiger partial charge in [-0.3, -0.25) is 33.8 Å². The number of rotatable bonds is 7. The fraction of sp³-hybridized carbons (Fsp3) is 0.500. The smallest absolute Gasteiger partial charge is 0.303 e. The molecule has 6 unspecified atom stereocenters. The molecule has 0 aromatic heterocycles. The van der Waals surface area contributed by atoms with Crippen LogP contribution in [0.5, 0.6) is 11.5 Å². The normalized spacial score (nSPS) is 33.4. The van der Waals surface area contributed by atoms with Gasteiger partial charge in [-0.15, -0.1) is 23.2 Å². The zero-order valence-corrected chi connectivity index (χ0v) is 24.4. The van der Waals surface area contributed by atoms with Gasteiger partial charge in [0.1, 0.15) is 11.5 Å². The number of carboxylic acids is 1. The van der Waals surface area contributed by atoms with Crippen molar-refractivity contribution < 1.29 is 38.9 Å². The van der Waals surface area contributed by atoms with Crippen LogP contribution in [0.25, 0.3) is 0 Å². The molecule has 3 fully saturated rings. The number of allylic oxidation sites excluding steroid dienone is 3. The molecule has 222 valence electrons. The van der Waals surface area contributed by atoms with Crippen molar-refractivity contribution in [1.82, 2.24) is 9.80 Å². The van der Waals surface area contributed by atoms with Gasteiger partial charge >= 0.3 is 5.97 Å². The Kier molecular flexibility index (Phi) is 6.92. The number of ether oxygens (including phenoxy) is 1. The second kappa shape index (κ2) is 10.1. The van der Waals surface area contributed by atoms with Gasteiger partial charge in [0, 0.05) is 37.9 Å². The summed E-state index contributed by atoms with van der Waals surface area (Å²) in [5.74, 6) is -5.20. The average Bonchev–Trinajstić information content (AvgIpc) is 3.27. The molecular weight excluding hydrogens is 587 g/mol. The second-order valence-corrected chi connectivity index (χ2v) is 13.1. The molecule has 6 atom stereocenters. The number of carboxylic acid groups (broad SMARTS) is 1. The molecule has 4 amide bonds. The molecule has 0 spiro atoms. The van der Waals surface area contributed by atoms with Crippen molar-refractivity contribution in [3.63, 3.8) is 0 Å². The molecule has 1 aromatic rings. The van der Waals surface area contributed by atoms with E-state index in [1.54, 1.807) is 12.1 Å². The highest BCUT2D eigenvalue weighted by Gasteiger charge is 2.76. The predicted molar refractivity (Wildman–Crippen MR) is 150 cm³/mol. The minimum Gasteiger partial charge on any atom is -0.508 e. The Morgan fingerprint density at radius 2 is 1.83 bits per heavy atom. The Hall–Kier alpha value is -3.37. The van der Waals surface area contributed by atoms with E-state index in [2.05, 4.69) is 0 Å². The molecule has 2 aliphatic carbocycles. The molecule has 2 N–H and O–H groups in total. The Labute approximate surface area is 251 Å². The standard InChI is InChI=1S/C30H30Cl2N2O8/c1-33-27(40)29(31)13-20-18(7-8-19-23(20)26(39)34(25(19)38)10-4-2-3-5-22(36)37)24(30(29,32)28(33)41)16-11-15-12-17(35)6-9-21(15)42-14-16/h6-7,9,12,14,19-20,23-24,35H,2-5,8,10-11,13H2,1H3,(H,36,37). The summed E-state index contributed by atoms with van der Waals surface area (Å²) in [7, 11) is 1.34. The van der Waals surface area contributed by atoms with E-state index in [0.29, 0.717) is 41.7 Å². The van der Waals surface area contributed by atoms with Crippen LogP contribution in [0.15, 0.2) is 41.7 Å². The number of benzene rings is 1. The van der Waals surface area contributed by atoms with E-state index in [0.717, 1.165) is 4.90 Å². The van der Waals surface area contributed by atoms with Gasteiger partial charge < -0.3 is 14.9 Å². The average molecular weight is 617 g/mol. The van der Waals surface area contributed by atoms with Crippen LogP contribution in [-0.4, -0.2) is 73.0 Å². The number of phenolic OH excluding ortho intramolecular Hbond substituents is 1. The number of aromatic hydroxyl groups is 1. The summed E-state index contributed by atoms with van der Waals surface area (Å²) in [5.41, 5.74) is 1.92. The van der Waals surface area contributed by atoms with Crippen molar-refractivity contribution >= 4 is 52.8 Å². The summed E-state index contributed by atoms with van der Waals surface area (Å²) >= 11 is 14.4. The van der Waals surface area contributed by atoms with E-state index in [9.17, 15) is 29.1 Å². The third-order valence-electron chi connectivity index (χ3n) is 9.52. The van der Waals surface area contributed by atoms with Crippen LogP contribution in [0.1, 0.15) is 44.1 Å². The van der Waals surface area contributed by atoms with Gasteiger partial charge in [-0.2, -0.15) is 0 Å². The molecular formula is C30H30Cl2N2O8. The second-order valence-electron chi connectivity index (χ2n) is 11.8. The lowest BCUT2D eigenvalue weighted by molar-refractivity contribution is -0.141. The zero-order valence-electron chi connectivity index (χ0n) is 22.8. The topological polar surface area (TPSA) is 142 Å². The molecule has 10 nitrogen and oxygen atoms in total. The maximum Gasteiger partial charge on any atom is 0.303 e. The number of imide groups is 2. The third-order valence-corrected chi connectivity index (χ3v) is 10.9. The molecule has 12 heteroatoms. The largest absolute Gasteiger partial charge is 0.508 e. The van der Waals surface area contributed by atoms with Crippen molar-refractivity contribution in [2.45, 2.75) is 54.7 Å². The van der Waals surface area contributed by atoms with E-state index in [4.69, 9.17) is 33.0 Å². The monoisotopic (exact) mass is 616 g/mol. The molecule has 0 bridgehead atoms. The maximum absolute atomic E-state index is 13.8. The fourth-order valence-electron chi connectivity index (χ4n) is 7.56. The molecule has 5 aliphatic rings. The highest BCUT2D eigenvalue weighted by molar-refractivity contribution is 6.53. The molecule has 1 aromatic carbocycles. The molecule has 2 saturated heterocycles. The summed E-state index contributed by atoms with van der Waals surface area (Å²) in [4.78, 5) is 63.8. The van der Waals surface area contributed by atoms with Crippen LogP contribution in [0, 0.1) is 23.7 Å². The van der Waals surface area contributed by atoms with E-state index in [1.807, 2.05) is 6.08 Å². The lowest BCUT2D eigenvalue weighted by Gasteiger charge is -2.51. The lowest BCUT2D eigenvalue weighted by atomic mass is 9.56. The molecule has 0 radical (unpaired) electrons. The van der Waals surface area contributed by atoms with Gasteiger partial charge in [0.2, 0.25) is 11.8 Å². The SMILES string of the molecule is CN1C(=O)C2(Cl)CC3C(=CCC4C(=O)N(CCCCCC(=O)O)C(=O)C43)C(C3=COc4ccc(O)cc4C3)C2(Cl)C1=O. The van der Waals surface area contributed by atoms with Crippen LogP contribution in [0.3, 0.4) is 0 Å². The minimum absolute atomic E-state index is 0.0206. The van der Waals surface area contributed by atoms with Crippen LogP contribution in [-0.2, 0) is 30.4 Å². The Morgan fingerprint density at radius 3 is 2.57 bits per heavy atom. The fourth-order valence-corrected chi connectivity index (χ4v) is 8.60. The number of aliphatic carboxylic acids is 1. The first kappa shape index (κ1) is 28.7. The van der Waals surface area contributed by atoms with E-state index >= 15 is 0 Å². The van der Waals surface area contributed by atoms with Crippen LogP contribution < -0.4 is 4.74 Å². The number of carbonyl (C=O) groups is 5. The highest BCUT2D eigenvalue weighted by atomic mass is 35.5. The highest BCUT2D eigenvalue weighted by Crippen LogP contribution is 2.64. The number of halogens is 2. The molecule has 6 rings (SSSR count). The first-order chi connectivity index (χ1) is 19.9. The Bertz CT molecular complexity index is 1490. The van der Waals surface area contributed by atoms with Gasteiger partial charge in [-0.1, -0.05) is 18.1 Å². The molecule has 3 aliphatic heterocycles. The number of fused-ring (bicyclic) bond motifs is 5. The summed E-state index contributed by atoms with van der Waals surface area (Å²) in [5, 5.41) is 19.0. The van der Waals surface area contributed by atoms with Gasteiger partial charge in [-0.05, 0) is 55.4 Å². The molecule has 3 heterocycles. The number of amides is 4. The number of phenols is 1. The number of nitrogens with zero attached hydrogens (tertiary/aromatic N) is 2. The molecule has 42 heavy (non-hydrogen) atoms. The number of alkyl halides is 2. The molecule has 1 saturated carbocycles. The summed E-state index contributed by atoms with van der Waals surface area (Å²) < 4.78 is 5.88.